The maximum Gasteiger partial charge on any atom is 0.261 e. The minimum absolute atomic E-state index is 0.0982. The van der Waals surface area contributed by atoms with Crippen LogP contribution in [0.5, 0.6) is 0 Å². The Bertz CT molecular complexity index is 843. The zero-order valence-corrected chi connectivity index (χ0v) is 15.9. The summed E-state index contributed by atoms with van der Waals surface area (Å²) < 4.78 is 23.0. The van der Waals surface area contributed by atoms with Gasteiger partial charge in [0.25, 0.3) is 5.91 Å². The standard InChI is InChI=1S/C17H20N2O4S2/c1-12(13-6-8-14(9-7-13)25(3,22)23)19(2)16(20)11-18-17(21)15-5-4-10-24-15/h4-10,12H,11H2,1-3H3,(H,18,21). The van der Waals surface area contributed by atoms with E-state index in [0.29, 0.717) is 4.88 Å². The van der Waals surface area contributed by atoms with Crippen LogP contribution in [-0.2, 0) is 14.6 Å². The molecule has 0 saturated carbocycles. The summed E-state index contributed by atoms with van der Waals surface area (Å²) in [6.07, 6.45) is 1.15. The largest absolute Gasteiger partial charge is 0.342 e. The van der Waals surface area contributed by atoms with E-state index in [0.717, 1.165) is 11.8 Å². The van der Waals surface area contributed by atoms with E-state index in [2.05, 4.69) is 5.32 Å². The molecule has 1 atom stereocenters. The van der Waals surface area contributed by atoms with Gasteiger partial charge in [-0.3, -0.25) is 9.59 Å². The normalized spacial score (nSPS) is 12.4. The van der Waals surface area contributed by atoms with Crippen LogP contribution in [0.25, 0.3) is 0 Å². The first-order valence-corrected chi connectivity index (χ1v) is 10.3. The molecule has 0 aliphatic carbocycles. The molecule has 1 aromatic carbocycles. The molecule has 2 aromatic rings. The first-order valence-electron chi connectivity index (χ1n) is 7.57. The highest BCUT2D eigenvalue weighted by molar-refractivity contribution is 7.90. The SMILES string of the molecule is CC(c1ccc(S(C)(=O)=O)cc1)N(C)C(=O)CNC(=O)c1cccs1. The molecular formula is C17H20N2O4S2. The van der Waals surface area contributed by atoms with Gasteiger partial charge in [0.1, 0.15) is 0 Å². The van der Waals surface area contributed by atoms with Crippen molar-refractivity contribution in [2.45, 2.75) is 17.9 Å². The molecule has 8 heteroatoms. The minimum atomic E-state index is -3.25. The maximum absolute atomic E-state index is 12.3. The van der Waals surface area contributed by atoms with Gasteiger partial charge in [0.05, 0.1) is 22.4 Å². The summed E-state index contributed by atoms with van der Waals surface area (Å²) in [5.41, 5.74) is 0.813. The molecule has 0 saturated heterocycles. The van der Waals surface area contributed by atoms with E-state index in [4.69, 9.17) is 0 Å². The van der Waals surface area contributed by atoms with Gasteiger partial charge < -0.3 is 10.2 Å². The highest BCUT2D eigenvalue weighted by Crippen LogP contribution is 2.20. The average molecular weight is 380 g/mol. The van der Waals surface area contributed by atoms with Crippen LogP contribution in [0.3, 0.4) is 0 Å². The Hall–Kier alpha value is -2.19. The van der Waals surface area contributed by atoms with Crippen molar-refractivity contribution in [1.29, 1.82) is 0 Å². The van der Waals surface area contributed by atoms with Crippen LogP contribution in [0.1, 0.15) is 28.2 Å². The van der Waals surface area contributed by atoms with Gasteiger partial charge in [0.15, 0.2) is 9.84 Å². The number of carbonyl (C=O) groups excluding carboxylic acids is 2. The fourth-order valence-corrected chi connectivity index (χ4v) is 3.48. The number of thiophene rings is 1. The van der Waals surface area contributed by atoms with Crippen LogP contribution in [0, 0.1) is 0 Å². The molecule has 25 heavy (non-hydrogen) atoms. The Balaban J connectivity index is 1.97. The molecule has 1 heterocycles. The fraction of sp³-hybridized carbons (Fsp3) is 0.294. The summed E-state index contributed by atoms with van der Waals surface area (Å²) in [5.74, 6) is -0.508. The van der Waals surface area contributed by atoms with E-state index in [1.807, 2.05) is 6.92 Å². The van der Waals surface area contributed by atoms with Crippen molar-refractivity contribution in [3.63, 3.8) is 0 Å². The summed E-state index contributed by atoms with van der Waals surface area (Å²) in [6.45, 7) is 1.74. The van der Waals surface area contributed by atoms with Crippen LogP contribution < -0.4 is 5.32 Å². The van der Waals surface area contributed by atoms with Crippen LogP contribution in [-0.4, -0.2) is 45.0 Å². The second kappa shape index (κ2) is 7.79. The molecule has 0 bridgehead atoms. The van der Waals surface area contributed by atoms with Crippen molar-refractivity contribution in [2.75, 3.05) is 19.8 Å². The lowest BCUT2D eigenvalue weighted by molar-refractivity contribution is -0.130. The summed E-state index contributed by atoms with van der Waals surface area (Å²) >= 11 is 1.31. The second-order valence-corrected chi connectivity index (χ2v) is 8.65. The van der Waals surface area contributed by atoms with Gasteiger partial charge in [-0.05, 0) is 36.1 Å². The zero-order chi connectivity index (χ0) is 18.6. The fourth-order valence-electron chi connectivity index (χ4n) is 2.21. The van der Waals surface area contributed by atoms with E-state index in [-0.39, 0.29) is 29.3 Å². The van der Waals surface area contributed by atoms with Crippen molar-refractivity contribution in [3.05, 3.63) is 52.2 Å². The summed E-state index contributed by atoms with van der Waals surface area (Å²) in [5, 5.41) is 4.40. The van der Waals surface area contributed by atoms with Gasteiger partial charge >= 0.3 is 0 Å². The third kappa shape index (κ3) is 4.90. The van der Waals surface area contributed by atoms with Crippen LogP contribution in [0.2, 0.25) is 0 Å². The van der Waals surface area contributed by atoms with Gasteiger partial charge in [-0.1, -0.05) is 18.2 Å². The zero-order valence-electron chi connectivity index (χ0n) is 14.2. The van der Waals surface area contributed by atoms with Gasteiger partial charge in [-0.2, -0.15) is 0 Å². The predicted molar refractivity (Wildman–Crippen MR) is 97.4 cm³/mol. The molecule has 134 valence electrons. The van der Waals surface area contributed by atoms with Crippen LogP contribution >= 0.6 is 11.3 Å². The molecule has 1 unspecified atom stereocenters. The lowest BCUT2D eigenvalue weighted by Gasteiger charge is -2.25. The number of carbonyl (C=O) groups is 2. The van der Waals surface area contributed by atoms with Crippen molar-refractivity contribution < 1.29 is 18.0 Å². The Morgan fingerprint density at radius 3 is 2.36 bits per heavy atom. The average Bonchev–Trinajstić information content (AvgIpc) is 3.12. The van der Waals surface area contributed by atoms with Crippen molar-refractivity contribution in [3.8, 4) is 0 Å². The highest BCUT2D eigenvalue weighted by atomic mass is 32.2. The number of nitrogens with one attached hydrogen (secondary N) is 1. The number of hydrogen-bond donors (Lipinski definition) is 1. The summed E-state index contributed by atoms with van der Waals surface area (Å²) in [7, 11) is -1.60. The topological polar surface area (TPSA) is 83.6 Å². The predicted octanol–water partition coefficient (Wildman–Crippen LogP) is 2.10. The molecule has 1 aromatic heterocycles. The molecular weight excluding hydrogens is 360 g/mol. The quantitative estimate of drug-likeness (QED) is 0.832. The Kier molecular flexibility index (Phi) is 5.97. The third-order valence-electron chi connectivity index (χ3n) is 3.91. The third-order valence-corrected chi connectivity index (χ3v) is 5.91. The molecule has 0 aliphatic rings. The Labute approximate surface area is 151 Å². The monoisotopic (exact) mass is 380 g/mol. The van der Waals surface area contributed by atoms with Gasteiger partial charge in [-0.25, -0.2) is 8.42 Å². The van der Waals surface area contributed by atoms with Crippen LogP contribution in [0.15, 0.2) is 46.7 Å². The van der Waals surface area contributed by atoms with Crippen molar-refractivity contribution in [2.24, 2.45) is 0 Å². The Morgan fingerprint density at radius 2 is 1.84 bits per heavy atom. The number of sulfone groups is 1. The molecule has 0 aliphatic heterocycles. The van der Waals surface area contributed by atoms with Gasteiger partial charge in [0, 0.05) is 13.3 Å². The van der Waals surface area contributed by atoms with E-state index >= 15 is 0 Å². The second-order valence-electron chi connectivity index (χ2n) is 5.68. The maximum atomic E-state index is 12.3. The van der Waals surface area contributed by atoms with E-state index in [9.17, 15) is 18.0 Å². The Morgan fingerprint density at radius 1 is 1.20 bits per heavy atom. The smallest absolute Gasteiger partial charge is 0.261 e. The number of nitrogens with zero attached hydrogens (tertiary/aromatic N) is 1. The van der Waals surface area contributed by atoms with Crippen molar-refractivity contribution >= 4 is 33.0 Å². The summed E-state index contributed by atoms with van der Waals surface area (Å²) in [4.78, 5) is 26.5. The van der Waals surface area contributed by atoms with Crippen LogP contribution in [0.4, 0.5) is 0 Å². The van der Waals surface area contributed by atoms with E-state index in [1.54, 1.807) is 36.7 Å². The highest BCUT2D eigenvalue weighted by Gasteiger charge is 2.19. The molecule has 2 rings (SSSR count). The number of hydrogen-bond acceptors (Lipinski definition) is 5. The number of amides is 2. The first kappa shape index (κ1) is 19.1. The molecule has 0 radical (unpaired) electrons. The number of benzene rings is 1. The molecule has 2 amide bonds. The molecule has 0 fully saturated rings. The van der Waals surface area contributed by atoms with Gasteiger partial charge in [0.2, 0.25) is 5.91 Å². The molecule has 1 N–H and O–H groups in total. The first-order chi connectivity index (χ1) is 11.7. The summed E-state index contributed by atoms with van der Waals surface area (Å²) in [6, 6.07) is 9.65. The molecule has 6 nitrogen and oxygen atoms in total. The number of rotatable bonds is 6. The minimum Gasteiger partial charge on any atom is -0.342 e. The molecule has 0 spiro atoms. The lowest BCUT2D eigenvalue weighted by Crippen LogP contribution is -2.39. The van der Waals surface area contributed by atoms with E-state index in [1.165, 1.54) is 28.4 Å². The number of likely N-dealkylation sites (N-methyl/N-ethyl adjacent to an activating group) is 1. The van der Waals surface area contributed by atoms with Gasteiger partial charge in [-0.15, -0.1) is 11.3 Å². The van der Waals surface area contributed by atoms with Crippen molar-refractivity contribution in [1.82, 2.24) is 10.2 Å². The lowest BCUT2D eigenvalue weighted by atomic mass is 10.1. The van der Waals surface area contributed by atoms with E-state index < -0.39 is 9.84 Å².